The van der Waals surface area contributed by atoms with Crippen LogP contribution in [0.4, 0.5) is 4.79 Å². The van der Waals surface area contributed by atoms with Crippen LogP contribution in [0.25, 0.3) is 10.9 Å². The number of amides is 4. The van der Waals surface area contributed by atoms with Crippen LogP contribution in [0.1, 0.15) is 25.8 Å². The highest BCUT2D eigenvalue weighted by atomic mass is 16.3. The first-order chi connectivity index (χ1) is 13.4. The zero-order chi connectivity index (χ0) is 20.3. The number of rotatable bonds is 8. The number of aliphatic hydroxyl groups is 1. The molecule has 3 rings (SSSR count). The van der Waals surface area contributed by atoms with Gasteiger partial charge in [-0.3, -0.25) is 14.5 Å². The minimum atomic E-state index is -0.873. The van der Waals surface area contributed by atoms with Gasteiger partial charge >= 0.3 is 6.03 Å². The Morgan fingerprint density at radius 2 is 2.04 bits per heavy atom. The minimum Gasteiger partial charge on any atom is -0.394 e. The van der Waals surface area contributed by atoms with Gasteiger partial charge in [-0.1, -0.05) is 32.0 Å². The van der Waals surface area contributed by atoms with Gasteiger partial charge in [0.15, 0.2) is 0 Å². The van der Waals surface area contributed by atoms with Crippen LogP contribution >= 0.6 is 0 Å². The van der Waals surface area contributed by atoms with Gasteiger partial charge in [0.1, 0.15) is 6.04 Å². The molecule has 0 unspecified atom stereocenters. The van der Waals surface area contributed by atoms with Crippen LogP contribution in [0.5, 0.6) is 0 Å². The Hall–Kier alpha value is -2.87. The Bertz CT molecular complexity index is 876. The maximum Gasteiger partial charge on any atom is 0.324 e. The highest BCUT2D eigenvalue weighted by molar-refractivity contribution is 6.05. The molecule has 1 aliphatic rings. The summed E-state index contributed by atoms with van der Waals surface area (Å²) in [7, 11) is 0. The lowest BCUT2D eigenvalue weighted by atomic mass is 10.0. The van der Waals surface area contributed by atoms with Crippen LogP contribution in [0.15, 0.2) is 30.5 Å². The fourth-order valence-corrected chi connectivity index (χ4v) is 3.37. The number of urea groups is 1. The summed E-state index contributed by atoms with van der Waals surface area (Å²) in [5.41, 5.74) is 2.04. The standard InChI is InChI=1S/C20H26N4O4/c1-12(2)17(11-25)22-18(26)9-16-19(27)24(20(28)23-16)8-7-13-10-21-15-6-4-3-5-14(13)15/h3-6,10,12,16-17,21,25H,7-9,11H2,1-2H3,(H,22,26)(H,23,28)/t16-,17+/m1/s1. The van der Waals surface area contributed by atoms with Gasteiger partial charge in [0.2, 0.25) is 5.91 Å². The Morgan fingerprint density at radius 1 is 1.29 bits per heavy atom. The number of hydrogen-bond donors (Lipinski definition) is 4. The molecule has 150 valence electrons. The molecule has 8 nitrogen and oxygen atoms in total. The highest BCUT2D eigenvalue weighted by Gasteiger charge is 2.39. The molecule has 0 bridgehead atoms. The van der Waals surface area contributed by atoms with Crippen molar-refractivity contribution in [1.82, 2.24) is 20.5 Å². The van der Waals surface area contributed by atoms with Crippen LogP contribution in [0.3, 0.4) is 0 Å². The third-order valence-corrected chi connectivity index (χ3v) is 5.12. The SMILES string of the molecule is CC(C)[C@H](CO)NC(=O)C[C@H]1NC(=O)N(CCc2c[nH]c3ccccc23)C1=O. The maximum atomic E-state index is 12.6. The number of H-pyrrole nitrogens is 1. The Labute approximate surface area is 163 Å². The second-order valence-electron chi connectivity index (χ2n) is 7.41. The van der Waals surface area contributed by atoms with Crippen LogP contribution in [0.2, 0.25) is 0 Å². The highest BCUT2D eigenvalue weighted by Crippen LogP contribution is 2.19. The average Bonchev–Trinajstić information content (AvgIpc) is 3.19. The summed E-state index contributed by atoms with van der Waals surface area (Å²) < 4.78 is 0. The summed E-state index contributed by atoms with van der Waals surface area (Å²) in [6.07, 6.45) is 2.27. The van der Waals surface area contributed by atoms with Crippen molar-refractivity contribution in [2.75, 3.05) is 13.2 Å². The van der Waals surface area contributed by atoms with E-state index in [0.717, 1.165) is 21.4 Å². The normalized spacial score (nSPS) is 18.0. The van der Waals surface area contributed by atoms with E-state index in [1.807, 2.05) is 44.3 Å². The van der Waals surface area contributed by atoms with Gasteiger partial charge in [0.25, 0.3) is 5.91 Å². The number of aromatic nitrogens is 1. The van der Waals surface area contributed by atoms with E-state index in [2.05, 4.69) is 15.6 Å². The van der Waals surface area contributed by atoms with Crippen molar-refractivity contribution < 1.29 is 19.5 Å². The molecule has 28 heavy (non-hydrogen) atoms. The lowest BCUT2D eigenvalue weighted by Gasteiger charge is -2.20. The first-order valence-corrected chi connectivity index (χ1v) is 9.47. The van der Waals surface area contributed by atoms with Gasteiger partial charge in [-0.05, 0) is 24.0 Å². The van der Waals surface area contributed by atoms with Crippen molar-refractivity contribution in [3.8, 4) is 0 Å². The molecule has 1 aromatic heterocycles. The van der Waals surface area contributed by atoms with Crippen LogP contribution in [0, 0.1) is 5.92 Å². The molecule has 2 aromatic rings. The van der Waals surface area contributed by atoms with Gasteiger partial charge in [-0.25, -0.2) is 4.79 Å². The quantitative estimate of drug-likeness (QED) is 0.510. The smallest absolute Gasteiger partial charge is 0.324 e. The molecule has 4 N–H and O–H groups in total. The van der Waals surface area contributed by atoms with Crippen LogP contribution in [-0.2, 0) is 16.0 Å². The number of carbonyl (C=O) groups excluding carboxylic acids is 3. The van der Waals surface area contributed by atoms with E-state index in [0.29, 0.717) is 6.42 Å². The zero-order valence-corrected chi connectivity index (χ0v) is 16.1. The third-order valence-electron chi connectivity index (χ3n) is 5.12. The van der Waals surface area contributed by atoms with E-state index in [1.165, 1.54) is 0 Å². The first kappa shape index (κ1) is 19.9. The fraction of sp³-hybridized carbons (Fsp3) is 0.450. The number of para-hydroxylation sites is 1. The molecule has 4 amide bonds. The van der Waals surface area contributed by atoms with Crippen molar-refractivity contribution in [2.45, 2.75) is 38.8 Å². The topological polar surface area (TPSA) is 115 Å². The first-order valence-electron chi connectivity index (χ1n) is 9.47. The molecule has 0 saturated carbocycles. The van der Waals surface area contributed by atoms with Crippen molar-refractivity contribution >= 4 is 28.7 Å². The minimum absolute atomic E-state index is 0.0653. The van der Waals surface area contributed by atoms with Gasteiger partial charge in [-0.2, -0.15) is 0 Å². The van der Waals surface area contributed by atoms with Gasteiger partial charge in [0.05, 0.1) is 19.1 Å². The molecular formula is C20H26N4O4. The summed E-state index contributed by atoms with van der Waals surface area (Å²) in [6, 6.07) is 6.12. The van der Waals surface area contributed by atoms with Crippen molar-refractivity contribution in [3.63, 3.8) is 0 Å². The monoisotopic (exact) mass is 386 g/mol. The second-order valence-corrected chi connectivity index (χ2v) is 7.41. The Kier molecular flexibility index (Phi) is 5.99. The number of imide groups is 1. The Balaban J connectivity index is 1.58. The Morgan fingerprint density at radius 3 is 2.75 bits per heavy atom. The number of aromatic amines is 1. The number of nitrogens with one attached hydrogen (secondary N) is 3. The third kappa shape index (κ3) is 4.17. The second kappa shape index (κ2) is 8.43. The zero-order valence-electron chi connectivity index (χ0n) is 16.1. The summed E-state index contributed by atoms with van der Waals surface area (Å²) in [4.78, 5) is 41.3. The number of nitrogens with zero attached hydrogens (tertiary/aromatic N) is 1. The summed E-state index contributed by atoms with van der Waals surface area (Å²) >= 11 is 0. The van der Waals surface area contributed by atoms with E-state index in [-0.39, 0.29) is 37.4 Å². The molecule has 1 fully saturated rings. The van der Waals surface area contributed by atoms with Crippen molar-refractivity contribution in [2.24, 2.45) is 5.92 Å². The molecule has 1 aromatic carbocycles. The molecule has 0 spiro atoms. The average molecular weight is 386 g/mol. The number of benzene rings is 1. The maximum absolute atomic E-state index is 12.6. The molecule has 1 aliphatic heterocycles. The molecule has 0 radical (unpaired) electrons. The van der Waals surface area contributed by atoms with Gasteiger partial charge in [-0.15, -0.1) is 0 Å². The van der Waals surface area contributed by atoms with E-state index in [4.69, 9.17) is 0 Å². The molecule has 0 aliphatic carbocycles. The van der Waals surface area contributed by atoms with E-state index >= 15 is 0 Å². The number of carbonyl (C=O) groups is 3. The van der Waals surface area contributed by atoms with E-state index in [1.54, 1.807) is 0 Å². The number of fused-ring (bicyclic) bond motifs is 1. The lowest BCUT2D eigenvalue weighted by Crippen LogP contribution is -2.44. The van der Waals surface area contributed by atoms with Crippen molar-refractivity contribution in [1.29, 1.82) is 0 Å². The fourth-order valence-electron chi connectivity index (χ4n) is 3.37. The van der Waals surface area contributed by atoms with E-state index in [9.17, 15) is 19.5 Å². The van der Waals surface area contributed by atoms with Crippen LogP contribution < -0.4 is 10.6 Å². The molecule has 8 heteroatoms. The predicted molar refractivity (Wildman–Crippen MR) is 105 cm³/mol. The predicted octanol–water partition coefficient (Wildman–Crippen LogP) is 1.15. The molecule has 2 atom stereocenters. The molecule has 2 heterocycles. The van der Waals surface area contributed by atoms with Crippen molar-refractivity contribution in [3.05, 3.63) is 36.0 Å². The van der Waals surface area contributed by atoms with Crippen LogP contribution in [-0.4, -0.2) is 58.1 Å². The summed E-state index contributed by atoms with van der Waals surface area (Å²) in [5, 5.41) is 15.7. The largest absolute Gasteiger partial charge is 0.394 e. The van der Waals surface area contributed by atoms with E-state index < -0.39 is 18.0 Å². The number of aliphatic hydroxyl groups excluding tert-OH is 1. The van der Waals surface area contributed by atoms with Gasteiger partial charge in [0, 0.05) is 23.6 Å². The lowest BCUT2D eigenvalue weighted by molar-refractivity contribution is -0.131. The molecule has 1 saturated heterocycles. The summed E-state index contributed by atoms with van der Waals surface area (Å²) in [6.45, 7) is 3.84. The summed E-state index contributed by atoms with van der Waals surface area (Å²) in [5.74, 6) is -0.703. The number of hydrogen-bond acceptors (Lipinski definition) is 4. The van der Waals surface area contributed by atoms with Gasteiger partial charge < -0.3 is 20.7 Å². The molecular weight excluding hydrogens is 360 g/mol.